The lowest BCUT2D eigenvalue weighted by Crippen LogP contribution is -2.40. The molecule has 0 saturated carbocycles. The van der Waals surface area contributed by atoms with E-state index < -0.39 is 6.10 Å². The molecule has 0 unspecified atom stereocenters. The average Bonchev–Trinajstić information content (AvgIpc) is 2.90. The number of benzene rings is 2. The summed E-state index contributed by atoms with van der Waals surface area (Å²) in [6.07, 6.45) is 3.02. The molecule has 1 saturated heterocycles. The minimum absolute atomic E-state index is 0.0306. The van der Waals surface area contributed by atoms with E-state index in [9.17, 15) is 14.3 Å². The summed E-state index contributed by atoms with van der Waals surface area (Å²) < 4.78 is 12.9. The standard InChI is InChI=1S/C20H20FNO2/c1-22-19(24)13-17(15-5-3-2-4-6-15)20(22)18(23)12-9-14-7-10-16(21)11-8-14/h2-12,17-18,20,23H,13H2,1H3/t17-,18-,20-/m1/s1. The zero-order valence-corrected chi connectivity index (χ0v) is 13.5. The Morgan fingerprint density at radius 2 is 1.83 bits per heavy atom. The van der Waals surface area contributed by atoms with Crippen LogP contribution in [0, 0.1) is 5.82 Å². The molecule has 1 heterocycles. The molecule has 3 nitrogen and oxygen atoms in total. The van der Waals surface area contributed by atoms with Crippen LogP contribution < -0.4 is 0 Å². The van der Waals surface area contributed by atoms with Crippen molar-refractivity contribution in [2.45, 2.75) is 24.5 Å². The van der Waals surface area contributed by atoms with Gasteiger partial charge in [-0.3, -0.25) is 4.79 Å². The quantitative estimate of drug-likeness (QED) is 0.938. The zero-order chi connectivity index (χ0) is 17.1. The van der Waals surface area contributed by atoms with Gasteiger partial charge in [0.2, 0.25) is 5.91 Å². The van der Waals surface area contributed by atoms with E-state index in [2.05, 4.69) is 0 Å². The monoisotopic (exact) mass is 325 g/mol. The van der Waals surface area contributed by atoms with Crippen molar-refractivity contribution in [3.63, 3.8) is 0 Å². The second-order valence-electron chi connectivity index (χ2n) is 6.12. The van der Waals surface area contributed by atoms with E-state index in [0.29, 0.717) is 6.42 Å². The summed E-state index contributed by atoms with van der Waals surface area (Å²) in [4.78, 5) is 13.8. The maximum absolute atomic E-state index is 12.9. The van der Waals surface area contributed by atoms with E-state index in [0.717, 1.165) is 11.1 Å². The number of likely N-dealkylation sites (tertiary alicyclic amines) is 1. The Kier molecular flexibility index (Phi) is 4.76. The van der Waals surface area contributed by atoms with Crippen LogP contribution in [0.4, 0.5) is 4.39 Å². The van der Waals surface area contributed by atoms with Crippen molar-refractivity contribution in [3.8, 4) is 0 Å². The van der Waals surface area contributed by atoms with E-state index >= 15 is 0 Å². The molecule has 0 aromatic heterocycles. The lowest BCUT2D eigenvalue weighted by Gasteiger charge is -2.28. The van der Waals surface area contributed by atoms with Crippen molar-refractivity contribution in [2.24, 2.45) is 0 Å². The third-order valence-electron chi connectivity index (χ3n) is 4.58. The fourth-order valence-corrected chi connectivity index (χ4v) is 3.27. The second kappa shape index (κ2) is 6.97. The Balaban J connectivity index is 1.81. The summed E-state index contributed by atoms with van der Waals surface area (Å²) >= 11 is 0. The first-order valence-corrected chi connectivity index (χ1v) is 7.98. The SMILES string of the molecule is CN1C(=O)C[C@H](c2ccccc2)[C@@H]1[C@H](O)C=Cc1ccc(F)cc1. The van der Waals surface area contributed by atoms with Crippen LogP contribution in [-0.4, -0.2) is 35.1 Å². The van der Waals surface area contributed by atoms with Gasteiger partial charge in [0.25, 0.3) is 0 Å². The van der Waals surface area contributed by atoms with Crippen molar-refractivity contribution in [1.29, 1.82) is 0 Å². The van der Waals surface area contributed by atoms with Crippen molar-refractivity contribution < 1.29 is 14.3 Å². The molecular formula is C20H20FNO2. The Morgan fingerprint density at radius 3 is 2.50 bits per heavy atom. The largest absolute Gasteiger partial charge is 0.387 e. The lowest BCUT2D eigenvalue weighted by molar-refractivity contribution is -0.128. The summed E-state index contributed by atoms with van der Waals surface area (Å²) in [5.41, 5.74) is 1.85. The number of hydrogen-bond acceptors (Lipinski definition) is 2. The Labute approximate surface area is 141 Å². The van der Waals surface area contributed by atoms with Crippen LogP contribution in [0.2, 0.25) is 0 Å². The van der Waals surface area contributed by atoms with Crippen molar-refractivity contribution in [3.05, 3.63) is 77.6 Å². The van der Waals surface area contributed by atoms with Crippen LogP contribution in [0.15, 0.2) is 60.7 Å². The van der Waals surface area contributed by atoms with Gasteiger partial charge < -0.3 is 10.0 Å². The first-order chi connectivity index (χ1) is 11.6. The van der Waals surface area contributed by atoms with E-state index in [1.165, 1.54) is 12.1 Å². The maximum Gasteiger partial charge on any atom is 0.223 e. The highest BCUT2D eigenvalue weighted by Crippen LogP contribution is 2.35. The summed E-state index contributed by atoms with van der Waals surface area (Å²) in [5.74, 6) is -0.308. The number of carbonyl (C=O) groups excluding carboxylic acids is 1. The van der Waals surface area contributed by atoms with Gasteiger partial charge in [-0.2, -0.15) is 0 Å². The van der Waals surface area contributed by atoms with Crippen LogP contribution in [0.3, 0.4) is 0 Å². The zero-order valence-electron chi connectivity index (χ0n) is 13.5. The van der Waals surface area contributed by atoms with Gasteiger partial charge in [-0.15, -0.1) is 0 Å². The van der Waals surface area contributed by atoms with Gasteiger partial charge in [-0.1, -0.05) is 54.6 Å². The number of halogens is 1. The molecule has 3 atom stereocenters. The molecule has 1 aliphatic rings. The number of nitrogens with zero attached hydrogens (tertiary/aromatic N) is 1. The third-order valence-corrected chi connectivity index (χ3v) is 4.58. The smallest absolute Gasteiger partial charge is 0.223 e. The van der Waals surface area contributed by atoms with Gasteiger partial charge in [0, 0.05) is 19.4 Å². The van der Waals surface area contributed by atoms with Gasteiger partial charge >= 0.3 is 0 Å². The minimum atomic E-state index is -0.795. The van der Waals surface area contributed by atoms with Gasteiger partial charge in [0.15, 0.2) is 0 Å². The highest BCUT2D eigenvalue weighted by molar-refractivity contribution is 5.80. The van der Waals surface area contributed by atoms with Crippen LogP contribution in [0.5, 0.6) is 0 Å². The minimum Gasteiger partial charge on any atom is -0.387 e. The van der Waals surface area contributed by atoms with Crippen LogP contribution in [-0.2, 0) is 4.79 Å². The molecule has 124 valence electrons. The van der Waals surface area contributed by atoms with Gasteiger partial charge in [-0.25, -0.2) is 4.39 Å². The van der Waals surface area contributed by atoms with E-state index in [4.69, 9.17) is 0 Å². The molecule has 3 rings (SSSR count). The summed E-state index contributed by atoms with van der Waals surface area (Å²) in [6.45, 7) is 0. The summed E-state index contributed by atoms with van der Waals surface area (Å²) in [5, 5.41) is 10.6. The van der Waals surface area contributed by atoms with E-state index in [1.807, 2.05) is 30.3 Å². The molecule has 1 amide bonds. The molecule has 1 N–H and O–H groups in total. The molecule has 0 bridgehead atoms. The highest BCUT2D eigenvalue weighted by atomic mass is 19.1. The maximum atomic E-state index is 12.9. The predicted octanol–water partition coefficient (Wildman–Crippen LogP) is 3.21. The average molecular weight is 325 g/mol. The molecule has 0 spiro atoms. The van der Waals surface area contributed by atoms with Crippen molar-refractivity contribution in [2.75, 3.05) is 7.05 Å². The Bertz CT molecular complexity index is 727. The molecule has 24 heavy (non-hydrogen) atoms. The molecule has 1 aliphatic heterocycles. The number of amides is 1. The molecule has 0 aliphatic carbocycles. The van der Waals surface area contributed by atoms with E-state index in [-0.39, 0.29) is 23.7 Å². The van der Waals surface area contributed by atoms with Gasteiger partial charge in [-0.05, 0) is 23.3 Å². The molecule has 1 fully saturated rings. The molecule has 2 aromatic carbocycles. The number of hydrogen-bond donors (Lipinski definition) is 1. The Hall–Kier alpha value is -2.46. The fraction of sp³-hybridized carbons (Fsp3) is 0.250. The van der Waals surface area contributed by atoms with Crippen molar-refractivity contribution in [1.82, 2.24) is 4.90 Å². The van der Waals surface area contributed by atoms with Crippen LogP contribution in [0.25, 0.3) is 6.08 Å². The third kappa shape index (κ3) is 3.39. The number of rotatable bonds is 4. The first kappa shape index (κ1) is 16.4. The number of aliphatic hydroxyl groups excluding tert-OH is 1. The second-order valence-corrected chi connectivity index (χ2v) is 6.12. The molecular weight excluding hydrogens is 305 g/mol. The first-order valence-electron chi connectivity index (χ1n) is 7.98. The van der Waals surface area contributed by atoms with Crippen LogP contribution in [0.1, 0.15) is 23.5 Å². The number of carbonyl (C=O) groups is 1. The molecule has 2 aromatic rings. The van der Waals surface area contributed by atoms with Crippen LogP contribution >= 0.6 is 0 Å². The number of aliphatic hydroxyl groups is 1. The lowest BCUT2D eigenvalue weighted by atomic mass is 9.88. The summed E-state index contributed by atoms with van der Waals surface area (Å²) in [7, 11) is 1.73. The topological polar surface area (TPSA) is 40.5 Å². The Morgan fingerprint density at radius 1 is 1.17 bits per heavy atom. The highest BCUT2D eigenvalue weighted by Gasteiger charge is 2.41. The van der Waals surface area contributed by atoms with Gasteiger partial charge in [0.1, 0.15) is 5.82 Å². The number of likely N-dealkylation sites (N-methyl/N-ethyl adjacent to an activating group) is 1. The predicted molar refractivity (Wildman–Crippen MR) is 91.8 cm³/mol. The normalized spacial score (nSPS) is 22.3. The summed E-state index contributed by atoms with van der Waals surface area (Å²) in [6, 6.07) is 15.5. The van der Waals surface area contributed by atoms with Gasteiger partial charge in [0.05, 0.1) is 12.1 Å². The van der Waals surface area contributed by atoms with E-state index in [1.54, 1.807) is 36.2 Å². The fourth-order valence-electron chi connectivity index (χ4n) is 3.27. The molecule has 0 radical (unpaired) electrons. The van der Waals surface area contributed by atoms with Crippen molar-refractivity contribution >= 4 is 12.0 Å². The molecule has 4 heteroatoms.